The van der Waals surface area contributed by atoms with Crippen molar-refractivity contribution in [2.24, 2.45) is 0 Å². The zero-order valence-corrected chi connectivity index (χ0v) is 15.0. The molecule has 3 aromatic rings. The lowest BCUT2D eigenvalue weighted by molar-refractivity contribution is 0.101. The summed E-state index contributed by atoms with van der Waals surface area (Å²) in [6, 6.07) is 18.7. The SMILES string of the molecule is CC(=O)c1cccc(NC(=O)c2ccnc(N3CCc4ccccc43)c2)c1. The number of hydrogen-bond acceptors (Lipinski definition) is 4. The Balaban J connectivity index is 1.57. The summed E-state index contributed by atoms with van der Waals surface area (Å²) in [5, 5.41) is 2.85. The number of para-hydroxylation sites is 1. The fourth-order valence-electron chi connectivity index (χ4n) is 3.30. The van der Waals surface area contributed by atoms with Crippen molar-refractivity contribution in [2.75, 3.05) is 16.8 Å². The predicted octanol–water partition coefficient (Wildman–Crippen LogP) is 4.23. The van der Waals surface area contributed by atoms with E-state index >= 15 is 0 Å². The summed E-state index contributed by atoms with van der Waals surface area (Å²) in [5.74, 6) is 0.488. The van der Waals surface area contributed by atoms with Crippen LogP contribution in [0.1, 0.15) is 33.2 Å². The molecule has 1 aromatic heterocycles. The van der Waals surface area contributed by atoms with Crippen LogP contribution in [-0.4, -0.2) is 23.2 Å². The number of carbonyl (C=O) groups excluding carboxylic acids is 2. The van der Waals surface area contributed by atoms with Gasteiger partial charge in [-0.1, -0.05) is 30.3 Å². The molecule has 1 N–H and O–H groups in total. The number of nitrogens with one attached hydrogen (secondary N) is 1. The van der Waals surface area contributed by atoms with Gasteiger partial charge in [0.25, 0.3) is 5.91 Å². The van der Waals surface area contributed by atoms with Crippen LogP contribution in [0.25, 0.3) is 0 Å². The molecule has 2 heterocycles. The number of rotatable bonds is 4. The molecule has 1 aliphatic rings. The lowest BCUT2D eigenvalue weighted by Gasteiger charge is -2.18. The van der Waals surface area contributed by atoms with E-state index in [2.05, 4.69) is 27.3 Å². The summed E-state index contributed by atoms with van der Waals surface area (Å²) in [6.45, 7) is 2.35. The van der Waals surface area contributed by atoms with Crippen molar-refractivity contribution in [1.82, 2.24) is 4.98 Å². The van der Waals surface area contributed by atoms with Gasteiger partial charge in [0.15, 0.2) is 5.78 Å². The van der Waals surface area contributed by atoms with Gasteiger partial charge in [0.1, 0.15) is 5.82 Å². The molecule has 27 heavy (non-hydrogen) atoms. The van der Waals surface area contributed by atoms with Crippen molar-refractivity contribution in [3.05, 3.63) is 83.6 Å². The Morgan fingerprint density at radius 2 is 1.85 bits per heavy atom. The normalized spacial score (nSPS) is 12.6. The van der Waals surface area contributed by atoms with Crippen LogP contribution >= 0.6 is 0 Å². The maximum Gasteiger partial charge on any atom is 0.255 e. The fourth-order valence-corrected chi connectivity index (χ4v) is 3.30. The van der Waals surface area contributed by atoms with Crippen molar-refractivity contribution in [1.29, 1.82) is 0 Å². The van der Waals surface area contributed by atoms with Crippen molar-refractivity contribution in [2.45, 2.75) is 13.3 Å². The molecule has 0 bridgehead atoms. The van der Waals surface area contributed by atoms with Crippen molar-refractivity contribution >= 4 is 28.9 Å². The Morgan fingerprint density at radius 3 is 2.70 bits per heavy atom. The van der Waals surface area contributed by atoms with Crippen LogP contribution in [0.3, 0.4) is 0 Å². The molecule has 0 saturated heterocycles. The zero-order valence-electron chi connectivity index (χ0n) is 15.0. The Hall–Kier alpha value is -3.47. The van der Waals surface area contributed by atoms with Crippen LogP contribution in [-0.2, 0) is 6.42 Å². The number of aromatic nitrogens is 1. The highest BCUT2D eigenvalue weighted by Crippen LogP contribution is 2.33. The van der Waals surface area contributed by atoms with E-state index in [9.17, 15) is 9.59 Å². The minimum Gasteiger partial charge on any atom is -0.326 e. The number of nitrogens with zero attached hydrogens (tertiary/aromatic N) is 2. The van der Waals surface area contributed by atoms with Gasteiger partial charge in [0.2, 0.25) is 0 Å². The summed E-state index contributed by atoms with van der Waals surface area (Å²) in [7, 11) is 0. The Labute approximate surface area is 157 Å². The number of fused-ring (bicyclic) bond motifs is 1. The van der Waals surface area contributed by atoms with E-state index in [0.717, 1.165) is 24.5 Å². The number of Topliss-reactive ketones (excluding diaryl/α,β-unsaturated/α-hetero) is 1. The third-order valence-electron chi connectivity index (χ3n) is 4.70. The maximum absolute atomic E-state index is 12.7. The average molecular weight is 357 g/mol. The van der Waals surface area contributed by atoms with E-state index < -0.39 is 0 Å². The fraction of sp³-hybridized carbons (Fsp3) is 0.136. The first-order chi connectivity index (χ1) is 13.1. The van der Waals surface area contributed by atoms with Gasteiger partial charge in [-0.3, -0.25) is 9.59 Å². The Bertz CT molecular complexity index is 1030. The Morgan fingerprint density at radius 1 is 1.00 bits per heavy atom. The van der Waals surface area contributed by atoms with E-state index in [1.807, 2.05) is 12.1 Å². The van der Waals surface area contributed by atoms with Gasteiger partial charge >= 0.3 is 0 Å². The minimum atomic E-state index is -0.230. The van der Waals surface area contributed by atoms with Crippen LogP contribution in [0.5, 0.6) is 0 Å². The number of amides is 1. The highest BCUT2D eigenvalue weighted by atomic mass is 16.1. The summed E-state index contributed by atoms with van der Waals surface area (Å²) in [5.41, 5.74) is 4.11. The summed E-state index contributed by atoms with van der Waals surface area (Å²) < 4.78 is 0. The van der Waals surface area contributed by atoms with Gasteiger partial charge in [-0.05, 0) is 49.2 Å². The van der Waals surface area contributed by atoms with Gasteiger partial charge in [0, 0.05) is 35.2 Å². The third kappa shape index (κ3) is 3.44. The minimum absolute atomic E-state index is 0.0370. The molecule has 0 radical (unpaired) electrons. The number of carbonyl (C=O) groups is 2. The van der Waals surface area contributed by atoms with Crippen LogP contribution < -0.4 is 10.2 Å². The number of hydrogen-bond donors (Lipinski definition) is 1. The molecule has 1 amide bonds. The topological polar surface area (TPSA) is 62.3 Å². The molecule has 2 aromatic carbocycles. The molecule has 0 saturated carbocycles. The molecular weight excluding hydrogens is 338 g/mol. The van der Waals surface area contributed by atoms with E-state index in [1.54, 1.807) is 42.6 Å². The van der Waals surface area contributed by atoms with Gasteiger partial charge in [-0.15, -0.1) is 0 Å². The molecule has 4 rings (SSSR count). The zero-order chi connectivity index (χ0) is 18.8. The van der Waals surface area contributed by atoms with Gasteiger partial charge in [0.05, 0.1) is 0 Å². The number of benzene rings is 2. The molecule has 1 aliphatic heterocycles. The second-order valence-corrected chi connectivity index (χ2v) is 6.52. The summed E-state index contributed by atoms with van der Waals surface area (Å²) >= 11 is 0. The number of anilines is 3. The predicted molar refractivity (Wildman–Crippen MR) is 106 cm³/mol. The molecular formula is C22H19N3O2. The molecule has 0 spiro atoms. The molecule has 0 unspecified atom stereocenters. The first kappa shape index (κ1) is 17.0. The summed E-state index contributed by atoms with van der Waals surface area (Å²) in [4.78, 5) is 30.8. The molecule has 134 valence electrons. The van der Waals surface area contributed by atoms with E-state index in [0.29, 0.717) is 16.8 Å². The molecule has 0 fully saturated rings. The lowest BCUT2D eigenvalue weighted by atomic mass is 10.1. The monoisotopic (exact) mass is 357 g/mol. The van der Waals surface area contributed by atoms with Crippen LogP contribution in [0.4, 0.5) is 17.2 Å². The number of ketones is 1. The molecule has 5 nitrogen and oxygen atoms in total. The lowest BCUT2D eigenvalue weighted by Crippen LogP contribution is -2.17. The van der Waals surface area contributed by atoms with E-state index in [1.165, 1.54) is 12.5 Å². The molecule has 0 aliphatic carbocycles. The smallest absolute Gasteiger partial charge is 0.255 e. The Kier molecular flexibility index (Phi) is 4.42. The van der Waals surface area contributed by atoms with Crippen LogP contribution in [0.15, 0.2) is 66.9 Å². The first-order valence-corrected chi connectivity index (χ1v) is 8.86. The van der Waals surface area contributed by atoms with Gasteiger partial charge in [-0.25, -0.2) is 4.98 Å². The highest BCUT2D eigenvalue weighted by molar-refractivity contribution is 6.05. The van der Waals surface area contributed by atoms with Crippen molar-refractivity contribution in [3.63, 3.8) is 0 Å². The van der Waals surface area contributed by atoms with Crippen LogP contribution in [0, 0.1) is 0 Å². The van der Waals surface area contributed by atoms with Crippen molar-refractivity contribution in [3.8, 4) is 0 Å². The molecule has 0 atom stereocenters. The van der Waals surface area contributed by atoms with Crippen LogP contribution in [0.2, 0.25) is 0 Å². The highest BCUT2D eigenvalue weighted by Gasteiger charge is 2.21. The van der Waals surface area contributed by atoms with Gasteiger partial charge < -0.3 is 10.2 Å². The van der Waals surface area contributed by atoms with Gasteiger partial charge in [-0.2, -0.15) is 0 Å². The first-order valence-electron chi connectivity index (χ1n) is 8.86. The quantitative estimate of drug-likeness (QED) is 0.710. The number of pyridine rings is 1. The van der Waals surface area contributed by atoms with E-state index in [-0.39, 0.29) is 11.7 Å². The molecule has 5 heteroatoms. The summed E-state index contributed by atoms with van der Waals surface area (Å²) in [6.07, 6.45) is 2.61. The largest absolute Gasteiger partial charge is 0.326 e. The maximum atomic E-state index is 12.7. The second kappa shape index (κ2) is 7.03. The standard InChI is InChI=1S/C22H19N3O2/c1-15(26)17-6-4-7-19(13-17)24-22(27)18-9-11-23-21(14-18)25-12-10-16-5-2-3-8-20(16)25/h2-9,11,13-14H,10,12H2,1H3,(H,24,27). The van der Waals surface area contributed by atoms with E-state index in [4.69, 9.17) is 0 Å². The average Bonchev–Trinajstić information content (AvgIpc) is 3.12. The third-order valence-corrected chi connectivity index (χ3v) is 4.70. The second-order valence-electron chi connectivity index (χ2n) is 6.52. The van der Waals surface area contributed by atoms with Crippen molar-refractivity contribution < 1.29 is 9.59 Å².